The van der Waals surface area contributed by atoms with Gasteiger partial charge < -0.3 is 11.5 Å². The number of thiazole rings is 1. The van der Waals surface area contributed by atoms with Gasteiger partial charge in [0.2, 0.25) is 11.8 Å². The minimum Gasteiger partial charge on any atom is -0.368 e. The van der Waals surface area contributed by atoms with Gasteiger partial charge in [-0.1, -0.05) is 12.1 Å². The van der Waals surface area contributed by atoms with Crippen molar-refractivity contribution in [2.45, 2.75) is 5.92 Å². The zero-order chi connectivity index (χ0) is 18.1. The molecule has 2 aromatic carbocycles. The van der Waals surface area contributed by atoms with Gasteiger partial charge in [0.15, 0.2) is 5.92 Å². The molecule has 124 valence electrons. The lowest BCUT2D eigenvalue weighted by Gasteiger charge is -2.04. The lowest BCUT2D eigenvalue weighted by atomic mass is 10.0. The number of nitrogens with two attached hydrogens (primary N) is 2. The van der Waals surface area contributed by atoms with E-state index in [1.807, 2.05) is 0 Å². The van der Waals surface area contributed by atoms with Crippen molar-refractivity contribution in [1.29, 1.82) is 5.26 Å². The summed E-state index contributed by atoms with van der Waals surface area (Å²) in [4.78, 5) is 26.7. The molecule has 25 heavy (non-hydrogen) atoms. The quantitative estimate of drug-likeness (QED) is 0.746. The molecule has 0 saturated heterocycles. The lowest BCUT2D eigenvalue weighted by Crippen LogP contribution is -2.19. The minimum absolute atomic E-state index is 0.227. The molecule has 0 spiro atoms. The Balaban J connectivity index is 2.08. The summed E-state index contributed by atoms with van der Waals surface area (Å²) in [5.41, 5.74) is 12.0. The molecule has 2 amide bonds. The number of hydrogen-bond donors (Lipinski definition) is 2. The van der Waals surface area contributed by atoms with Crippen LogP contribution < -0.4 is 11.5 Å². The molecule has 1 heterocycles. The number of amides is 2. The van der Waals surface area contributed by atoms with Crippen molar-refractivity contribution >= 4 is 33.4 Å². The number of fused-ring (bicyclic) bond motifs is 1. The standard InChI is InChI=1S/C17H11FN4O2S/c18-12-6-14-13(22-17(25-14)11(7-19)16(21)24)5-10(12)8-1-3-9(4-2-8)15(20)23/h1-6,11H,(H2,20,23)(H2,21,24). The van der Waals surface area contributed by atoms with Crippen molar-refractivity contribution < 1.29 is 14.0 Å². The molecular formula is C17H11FN4O2S. The van der Waals surface area contributed by atoms with Gasteiger partial charge in [-0.15, -0.1) is 11.3 Å². The Hall–Kier alpha value is -3.31. The molecule has 4 N–H and O–H groups in total. The molecule has 0 bridgehead atoms. The molecule has 3 rings (SSSR count). The van der Waals surface area contributed by atoms with Gasteiger partial charge in [0.05, 0.1) is 16.3 Å². The number of benzene rings is 2. The Bertz CT molecular complexity index is 1040. The van der Waals surface area contributed by atoms with E-state index in [4.69, 9.17) is 16.7 Å². The van der Waals surface area contributed by atoms with E-state index in [9.17, 15) is 14.0 Å². The highest BCUT2D eigenvalue weighted by Gasteiger charge is 2.22. The number of rotatable bonds is 4. The first-order valence-electron chi connectivity index (χ1n) is 7.10. The smallest absolute Gasteiger partial charge is 0.248 e. The van der Waals surface area contributed by atoms with E-state index in [-0.39, 0.29) is 10.6 Å². The molecule has 3 aromatic rings. The first kappa shape index (κ1) is 16.5. The van der Waals surface area contributed by atoms with Crippen LogP contribution in [-0.4, -0.2) is 16.8 Å². The molecule has 0 fully saturated rings. The highest BCUT2D eigenvalue weighted by Crippen LogP contribution is 2.33. The van der Waals surface area contributed by atoms with E-state index in [0.29, 0.717) is 21.3 Å². The minimum atomic E-state index is -1.17. The third kappa shape index (κ3) is 3.05. The van der Waals surface area contributed by atoms with Crippen LogP contribution in [0.2, 0.25) is 0 Å². The molecule has 0 aliphatic rings. The van der Waals surface area contributed by atoms with Crippen molar-refractivity contribution in [2.75, 3.05) is 0 Å². The molecule has 1 atom stereocenters. The maximum Gasteiger partial charge on any atom is 0.248 e. The van der Waals surface area contributed by atoms with Gasteiger partial charge in [0.1, 0.15) is 10.8 Å². The Morgan fingerprint density at radius 3 is 2.44 bits per heavy atom. The van der Waals surface area contributed by atoms with Crippen molar-refractivity contribution in [3.05, 3.63) is 52.8 Å². The first-order chi connectivity index (χ1) is 11.9. The van der Waals surface area contributed by atoms with Crippen molar-refractivity contribution in [3.8, 4) is 17.2 Å². The van der Waals surface area contributed by atoms with Crippen molar-refractivity contribution in [1.82, 2.24) is 4.98 Å². The monoisotopic (exact) mass is 354 g/mol. The third-order valence-electron chi connectivity index (χ3n) is 3.63. The Labute approximate surface area is 145 Å². The van der Waals surface area contributed by atoms with Crippen molar-refractivity contribution in [3.63, 3.8) is 0 Å². The zero-order valence-corrected chi connectivity index (χ0v) is 13.5. The number of aromatic nitrogens is 1. The first-order valence-corrected chi connectivity index (χ1v) is 7.91. The van der Waals surface area contributed by atoms with Crippen LogP contribution in [0, 0.1) is 17.1 Å². The number of primary amides is 2. The summed E-state index contributed by atoms with van der Waals surface area (Å²) in [5.74, 6) is -3.02. The van der Waals surface area contributed by atoms with Gasteiger partial charge in [-0.2, -0.15) is 5.26 Å². The lowest BCUT2D eigenvalue weighted by molar-refractivity contribution is -0.118. The van der Waals surface area contributed by atoms with Crippen LogP contribution >= 0.6 is 11.3 Å². The number of hydrogen-bond acceptors (Lipinski definition) is 5. The SMILES string of the molecule is N#CC(C(N)=O)c1nc2cc(-c3ccc(C(N)=O)cc3)c(F)cc2s1. The topological polar surface area (TPSA) is 123 Å². The summed E-state index contributed by atoms with van der Waals surface area (Å²) in [7, 11) is 0. The van der Waals surface area contributed by atoms with Crippen LogP contribution in [0.4, 0.5) is 4.39 Å². The van der Waals surface area contributed by atoms with Crippen LogP contribution in [0.1, 0.15) is 21.3 Å². The number of halogens is 1. The van der Waals surface area contributed by atoms with E-state index in [1.54, 1.807) is 18.2 Å². The third-order valence-corrected chi connectivity index (χ3v) is 4.72. The van der Waals surface area contributed by atoms with E-state index in [0.717, 1.165) is 11.3 Å². The second kappa shape index (κ2) is 6.30. The maximum atomic E-state index is 14.4. The molecule has 0 saturated carbocycles. The second-order valence-corrected chi connectivity index (χ2v) is 6.32. The molecule has 1 unspecified atom stereocenters. The van der Waals surface area contributed by atoms with Crippen LogP contribution in [0.5, 0.6) is 0 Å². The van der Waals surface area contributed by atoms with Crippen molar-refractivity contribution in [2.24, 2.45) is 11.5 Å². The van der Waals surface area contributed by atoms with E-state index >= 15 is 0 Å². The van der Waals surface area contributed by atoms with Crippen LogP contribution in [0.25, 0.3) is 21.3 Å². The number of carbonyl (C=O) groups excluding carboxylic acids is 2. The molecule has 1 aromatic heterocycles. The normalized spacial score (nSPS) is 11.8. The zero-order valence-electron chi connectivity index (χ0n) is 12.7. The molecule has 0 aliphatic heterocycles. The van der Waals surface area contributed by atoms with E-state index in [1.165, 1.54) is 24.3 Å². The van der Waals surface area contributed by atoms with E-state index < -0.39 is 23.5 Å². The van der Waals surface area contributed by atoms with Gasteiger partial charge in [-0.3, -0.25) is 9.59 Å². The highest BCUT2D eigenvalue weighted by molar-refractivity contribution is 7.18. The summed E-state index contributed by atoms with van der Waals surface area (Å²) in [6, 6.07) is 10.8. The number of nitriles is 1. The summed E-state index contributed by atoms with van der Waals surface area (Å²) in [5, 5.41) is 9.26. The van der Waals surface area contributed by atoms with Crippen LogP contribution in [0.15, 0.2) is 36.4 Å². The average molecular weight is 354 g/mol. The van der Waals surface area contributed by atoms with E-state index in [2.05, 4.69) is 4.98 Å². The largest absolute Gasteiger partial charge is 0.368 e. The predicted octanol–water partition coefficient (Wildman–Crippen LogP) is 2.29. The summed E-state index contributed by atoms with van der Waals surface area (Å²) >= 11 is 1.05. The second-order valence-electron chi connectivity index (χ2n) is 5.26. The molecule has 0 aliphatic carbocycles. The average Bonchev–Trinajstić information content (AvgIpc) is 2.96. The fourth-order valence-corrected chi connectivity index (χ4v) is 3.39. The van der Waals surface area contributed by atoms with Gasteiger partial charge in [0, 0.05) is 11.1 Å². The fourth-order valence-electron chi connectivity index (χ4n) is 2.37. The predicted molar refractivity (Wildman–Crippen MR) is 91.1 cm³/mol. The molecule has 6 nitrogen and oxygen atoms in total. The Morgan fingerprint density at radius 2 is 1.88 bits per heavy atom. The van der Waals surface area contributed by atoms with Gasteiger partial charge in [0.25, 0.3) is 0 Å². The summed E-state index contributed by atoms with van der Waals surface area (Å²) < 4.78 is 15.0. The van der Waals surface area contributed by atoms with Gasteiger partial charge >= 0.3 is 0 Å². The molecular weight excluding hydrogens is 343 g/mol. The van der Waals surface area contributed by atoms with Crippen LogP contribution in [-0.2, 0) is 4.79 Å². The maximum absolute atomic E-state index is 14.4. The Morgan fingerprint density at radius 1 is 1.20 bits per heavy atom. The van der Waals surface area contributed by atoms with Crippen LogP contribution in [0.3, 0.4) is 0 Å². The fraction of sp³-hybridized carbons (Fsp3) is 0.0588. The number of nitrogens with zero attached hydrogens (tertiary/aromatic N) is 2. The molecule has 0 radical (unpaired) electrons. The van der Waals surface area contributed by atoms with Gasteiger partial charge in [-0.25, -0.2) is 9.37 Å². The van der Waals surface area contributed by atoms with Gasteiger partial charge in [-0.05, 0) is 29.8 Å². The molecule has 8 heteroatoms. The number of carbonyl (C=O) groups is 2. The summed E-state index contributed by atoms with van der Waals surface area (Å²) in [6.07, 6.45) is 0. The highest BCUT2D eigenvalue weighted by atomic mass is 32.1. The summed E-state index contributed by atoms with van der Waals surface area (Å²) in [6.45, 7) is 0. The Kier molecular flexibility index (Phi) is 4.17.